The molecule has 2 atom stereocenters. The fourth-order valence-corrected chi connectivity index (χ4v) is 3.15. The number of hydrogen-bond donors (Lipinski definition) is 2. The van der Waals surface area contributed by atoms with Crippen LogP contribution in [0, 0.1) is 0 Å². The number of aliphatic hydroxyl groups is 1. The highest BCUT2D eigenvalue weighted by molar-refractivity contribution is 5.51. The predicted octanol–water partition coefficient (Wildman–Crippen LogP) is 7.61. The van der Waals surface area contributed by atoms with E-state index in [1.807, 2.05) is 13.8 Å². The largest absolute Gasteiger partial charge is 0.416 e. The van der Waals surface area contributed by atoms with E-state index in [0.29, 0.717) is 17.3 Å². The molecule has 240 valence electrons. The number of hydrogen-bond acceptors (Lipinski definition) is 4. The minimum atomic E-state index is -4.34. The second-order valence-corrected chi connectivity index (χ2v) is 8.56. The van der Waals surface area contributed by atoms with Crippen molar-refractivity contribution in [3.63, 3.8) is 0 Å². The molecule has 6 nitrogen and oxygen atoms in total. The van der Waals surface area contributed by atoms with Gasteiger partial charge < -0.3 is 19.6 Å². The molecule has 0 saturated heterocycles. The molecule has 0 spiro atoms. The summed E-state index contributed by atoms with van der Waals surface area (Å²) in [6.45, 7) is 20.0. The maximum atomic E-state index is 13.9. The second-order valence-electron chi connectivity index (χ2n) is 8.56. The Labute approximate surface area is 249 Å². The highest BCUT2D eigenvalue weighted by atomic mass is 19.4. The molecule has 2 aromatic rings. The zero-order chi connectivity index (χ0) is 33.9. The Hall–Kier alpha value is -4.06. The maximum Gasteiger partial charge on any atom is 0.416 e. The second kappa shape index (κ2) is 20.8. The molecule has 0 aromatic carbocycles. The van der Waals surface area contributed by atoms with Crippen LogP contribution >= 0.6 is 0 Å². The summed E-state index contributed by atoms with van der Waals surface area (Å²) in [5.41, 5.74) is 0.306. The van der Waals surface area contributed by atoms with Gasteiger partial charge >= 0.3 is 6.18 Å². The zero-order valence-electron chi connectivity index (χ0n) is 25.5. The van der Waals surface area contributed by atoms with E-state index in [2.05, 4.69) is 36.6 Å². The van der Waals surface area contributed by atoms with E-state index in [4.69, 9.17) is 0 Å². The first-order valence-electron chi connectivity index (χ1n) is 13.1. The average Bonchev–Trinajstić information content (AvgIpc) is 2.95. The van der Waals surface area contributed by atoms with Crippen LogP contribution in [-0.4, -0.2) is 26.5 Å². The van der Waals surface area contributed by atoms with Crippen molar-refractivity contribution in [1.82, 2.24) is 9.13 Å². The zero-order valence-corrected chi connectivity index (χ0v) is 25.5. The van der Waals surface area contributed by atoms with Gasteiger partial charge in [0, 0.05) is 45.0 Å². The van der Waals surface area contributed by atoms with Gasteiger partial charge in [-0.3, -0.25) is 4.79 Å². The molecule has 2 heterocycles. The number of aromatic nitrogens is 2. The lowest BCUT2D eigenvalue weighted by Gasteiger charge is -2.16. The topological polar surface area (TPSA) is 71.5 Å². The van der Waals surface area contributed by atoms with Gasteiger partial charge in [0.1, 0.15) is 23.2 Å². The van der Waals surface area contributed by atoms with Crippen LogP contribution in [-0.2, 0) is 26.7 Å². The Balaban J connectivity index is 0. The number of allylic oxidation sites excluding steroid dienone is 3. The summed E-state index contributed by atoms with van der Waals surface area (Å²) in [7, 11) is 3.20. The Morgan fingerprint density at radius 2 is 1.70 bits per heavy atom. The van der Waals surface area contributed by atoms with Crippen molar-refractivity contribution in [3.8, 4) is 0 Å². The lowest BCUT2D eigenvalue weighted by atomic mass is 10.00. The van der Waals surface area contributed by atoms with E-state index in [9.17, 15) is 36.2 Å². The molecule has 43 heavy (non-hydrogen) atoms. The molecule has 0 radical (unpaired) electrons. The lowest BCUT2D eigenvalue weighted by molar-refractivity contribution is -0.137. The Bertz CT molecular complexity index is 1360. The smallest absolute Gasteiger partial charge is 0.388 e. The van der Waals surface area contributed by atoms with Crippen molar-refractivity contribution in [2.45, 2.75) is 59.0 Å². The molecular formula is C31H42F6N4O2. The molecule has 0 fully saturated rings. The number of aliphatic hydroxyl groups excluding tert-OH is 1. The first-order valence-corrected chi connectivity index (χ1v) is 13.1. The van der Waals surface area contributed by atoms with Gasteiger partial charge in [-0.05, 0) is 55.5 Å². The van der Waals surface area contributed by atoms with Gasteiger partial charge in [0.2, 0.25) is 0 Å². The van der Waals surface area contributed by atoms with E-state index in [1.165, 1.54) is 34.7 Å². The molecule has 0 aliphatic heterocycles. The third kappa shape index (κ3) is 14.6. The van der Waals surface area contributed by atoms with Crippen LogP contribution in [0.4, 0.5) is 32.0 Å². The van der Waals surface area contributed by atoms with Crippen LogP contribution < -0.4 is 16.4 Å². The number of nitrogens with one attached hydrogen (secondary N) is 1. The predicted molar refractivity (Wildman–Crippen MR) is 162 cm³/mol. The van der Waals surface area contributed by atoms with E-state index in [0.717, 1.165) is 12.1 Å². The number of pyridine rings is 2. The summed E-state index contributed by atoms with van der Waals surface area (Å²) >= 11 is 0. The quantitative estimate of drug-likeness (QED) is 0.225. The Kier molecular flexibility index (Phi) is 19.8. The third-order valence-corrected chi connectivity index (χ3v) is 5.35. The number of aryl methyl sites for hydroxylation is 2. The Morgan fingerprint density at radius 1 is 1.14 bits per heavy atom. The molecule has 0 aliphatic carbocycles. The van der Waals surface area contributed by atoms with Gasteiger partial charge in [-0.1, -0.05) is 27.0 Å². The van der Waals surface area contributed by atoms with Gasteiger partial charge in [0.05, 0.1) is 18.0 Å². The monoisotopic (exact) mass is 616 g/mol. The molecule has 2 aromatic heterocycles. The van der Waals surface area contributed by atoms with Crippen LogP contribution in [0.25, 0.3) is 0 Å². The summed E-state index contributed by atoms with van der Waals surface area (Å²) in [5.74, 6) is -0.852. The molecule has 0 bridgehead atoms. The van der Waals surface area contributed by atoms with Crippen molar-refractivity contribution in [2.75, 3.05) is 5.32 Å². The van der Waals surface area contributed by atoms with Gasteiger partial charge in [0.25, 0.3) is 5.56 Å². The number of anilines is 1. The van der Waals surface area contributed by atoms with Crippen molar-refractivity contribution in [2.24, 2.45) is 19.1 Å². The van der Waals surface area contributed by atoms with E-state index in [-0.39, 0.29) is 35.1 Å². The summed E-state index contributed by atoms with van der Waals surface area (Å²) in [6, 6.07) is 3.62. The van der Waals surface area contributed by atoms with E-state index >= 15 is 0 Å². The van der Waals surface area contributed by atoms with E-state index in [1.54, 1.807) is 27.1 Å². The molecule has 2 rings (SSSR count). The number of rotatable bonds is 9. The summed E-state index contributed by atoms with van der Waals surface area (Å²) in [6.07, 6.45) is -3.31. The van der Waals surface area contributed by atoms with Crippen LogP contribution in [0.3, 0.4) is 0 Å². The standard InChI is InChI=1S/C17H21F3N2O2.C10H11F3N2.C2H6.C2H4/c1-4-21-16-12(6-8-22(3)17(16)24)9-15(23)11(2)14(20)10-13(19)5-7-18;1-7(2)14-9-6-8(10(11,12)13)4-5-15(9)3;2*1-2/h4-8,13,15,21,23H,1,9-10H2,2-3H3;4-6H,1H2,2-3H3;1-2H3;1-2H2/b7-5+,14-11-;;;. The lowest BCUT2D eigenvalue weighted by Crippen LogP contribution is -2.23. The number of nitrogens with zero attached hydrogens (tertiary/aromatic N) is 3. The minimum absolute atomic E-state index is 0.0106. The number of alkyl halides is 4. The highest BCUT2D eigenvalue weighted by Gasteiger charge is 2.30. The van der Waals surface area contributed by atoms with Crippen molar-refractivity contribution < 1.29 is 31.4 Å². The molecule has 0 amide bonds. The van der Waals surface area contributed by atoms with Gasteiger partial charge in [-0.2, -0.15) is 13.2 Å². The van der Waals surface area contributed by atoms with Crippen molar-refractivity contribution in [1.29, 1.82) is 0 Å². The molecular weight excluding hydrogens is 574 g/mol. The van der Waals surface area contributed by atoms with E-state index < -0.39 is 36.3 Å². The SMILES string of the molecule is C=C.C=C(C)N=c1cc(C(F)(F)F)ccn1C.C=CNc1c(CC(O)/C(C)=C(\F)CC(F)/C=C/F)ccn(C)c1=O.CC. The minimum Gasteiger partial charge on any atom is -0.388 e. The molecule has 2 N–H and O–H groups in total. The highest BCUT2D eigenvalue weighted by Crippen LogP contribution is 2.27. The summed E-state index contributed by atoms with van der Waals surface area (Å²) in [4.78, 5) is 16.0. The van der Waals surface area contributed by atoms with Crippen LogP contribution in [0.2, 0.25) is 0 Å². The summed E-state index contributed by atoms with van der Waals surface area (Å²) < 4.78 is 79.0. The van der Waals surface area contributed by atoms with Crippen molar-refractivity contribution in [3.05, 3.63) is 120 Å². The van der Waals surface area contributed by atoms with Gasteiger partial charge in [-0.25, -0.2) is 18.2 Å². The van der Waals surface area contributed by atoms with Crippen LogP contribution in [0.15, 0.2) is 102 Å². The first kappa shape index (κ1) is 41.1. The maximum absolute atomic E-state index is 13.9. The van der Waals surface area contributed by atoms with Gasteiger partial charge in [-0.15, -0.1) is 13.2 Å². The molecule has 0 saturated carbocycles. The molecule has 12 heteroatoms. The van der Waals surface area contributed by atoms with Gasteiger partial charge in [0.15, 0.2) is 0 Å². The first-order chi connectivity index (χ1) is 20.1. The average molecular weight is 617 g/mol. The molecule has 2 unspecified atom stereocenters. The summed E-state index contributed by atoms with van der Waals surface area (Å²) in [5, 5.41) is 12.9. The normalized spacial score (nSPS) is 13.2. The number of halogens is 6. The fraction of sp³-hybridized carbons (Fsp3) is 0.355. The van der Waals surface area contributed by atoms with Crippen LogP contribution in [0.5, 0.6) is 0 Å². The Morgan fingerprint density at radius 3 is 2.19 bits per heavy atom. The molecule has 0 aliphatic rings. The third-order valence-electron chi connectivity index (χ3n) is 5.35. The fourth-order valence-electron chi connectivity index (χ4n) is 3.15. The van der Waals surface area contributed by atoms with Crippen LogP contribution in [0.1, 0.15) is 45.2 Å². The van der Waals surface area contributed by atoms with Crippen molar-refractivity contribution >= 4 is 5.69 Å².